The number of ketones is 1. The topological polar surface area (TPSA) is 17.1 Å². The lowest BCUT2D eigenvalue weighted by atomic mass is 10.1. The first-order valence-electron chi connectivity index (χ1n) is 5.06. The molecule has 20 heavy (non-hydrogen) atoms. The number of rotatable bonds is 2. The molecule has 1 aromatic heterocycles. The van der Waals surface area contributed by atoms with Gasteiger partial charge in [0, 0.05) is 10.0 Å². The Morgan fingerprint density at radius 1 is 1.15 bits per heavy atom. The highest BCUT2D eigenvalue weighted by molar-refractivity contribution is 9.13. The zero-order valence-electron chi connectivity index (χ0n) is 9.39. The van der Waals surface area contributed by atoms with Gasteiger partial charge >= 0.3 is 6.18 Å². The fourth-order valence-electron chi connectivity index (χ4n) is 1.48. The van der Waals surface area contributed by atoms with Crippen molar-refractivity contribution in [2.24, 2.45) is 0 Å². The van der Waals surface area contributed by atoms with E-state index in [0.717, 1.165) is 17.4 Å². The molecule has 106 valence electrons. The number of carbonyl (C=O) groups excluding carboxylic acids is 1. The van der Waals surface area contributed by atoms with Gasteiger partial charge < -0.3 is 0 Å². The van der Waals surface area contributed by atoms with Gasteiger partial charge in [0.25, 0.3) is 0 Å². The highest BCUT2D eigenvalue weighted by atomic mass is 79.9. The van der Waals surface area contributed by atoms with Crippen LogP contribution in [0.5, 0.6) is 0 Å². The Balaban J connectivity index is 2.46. The van der Waals surface area contributed by atoms with E-state index in [9.17, 15) is 22.4 Å². The molecule has 1 nitrogen and oxygen atoms in total. The summed E-state index contributed by atoms with van der Waals surface area (Å²) in [5.41, 5.74) is -1.65. The predicted octanol–water partition coefficient (Wildman–Crippen LogP) is 5.66. The molecular formula is C12H4Br2F4OS. The summed E-state index contributed by atoms with van der Waals surface area (Å²) in [6.07, 6.45) is -4.84. The van der Waals surface area contributed by atoms with Gasteiger partial charge in [0.15, 0.2) is 0 Å². The lowest BCUT2D eigenvalue weighted by Crippen LogP contribution is -2.10. The highest BCUT2D eigenvalue weighted by Gasteiger charge is 2.34. The third-order valence-electron chi connectivity index (χ3n) is 2.40. The summed E-state index contributed by atoms with van der Waals surface area (Å²) in [4.78, 5) is 12.3. The van der Waals surface area contributed by atoms with Crippen LogP contribution in [0.1, 0.15) is 20.8 Å². The monoisotopic (exact) mass is 430 g/mol. The van der Waals surface area contributed by atoms with Crippen molar-refractivity contribution < 1.29 is 22.4 Å². The molecule has 0 radical (unpaired) electrons. The molecule has 0 aliphatic heterocycles. The van der Waals surface area contributed by atoms with Gasteiger partial charge in [-0.2, -0.15) is 13.2 Å². The summed E-state index contributed by atoms with van der Waals surface area (Å²) in [6.45, 7) is 0. The number of hydrogen-bond acceptors (Lipinski definition) is 2. The zero-order valence-corrected chi connectivity index (χ0v) is 13.4. The number of thiophene rings is 1. The van der Waals surface area contributed by atoms with Crippen LogP contribution in [0.15, 0.2) is 32.5 Å². The molecule has 1 heterocycles. The number of benzene rings is 1. The second-order valence-corrected chi connectivity index (χ2v) is 6.98. The molecule has 0 atom stereocenters. The minimum atomic E-state index is -4.84. The molecule has 0 saturated heterocycles. The quantitative estimate of drug-likeness (QED) is 0.442. The van der Waals surface area contributed by atoms with Gasteiger partial charge in [-0.05, 0) is 56.1 Å². The number of alkyl halides is 3. The van der Waals surface area contributed by atoms with Gasteiger partial charge in [-0.15, -0.1) is 11.3 Å². The average molecular weight is 432 g/mol. The Morgan fingerprint density at radius 2 is 1.80 bits per heavy atom. The van der Waals surface area contributed by atoms with E-state index in [1.165, 1.54) is 6.07 Å². The second kappa shape index (κ2) is 5.57. The average Bonchev–Trinajstić information content (AvgIpc) is 2.68. The van der Waals surface area contributed by atoms with Gasteiger partial charge in [0.2, 0.25) is 5.78 Å². The van der Waals surface area contributed by atoms with Gasteiger partial charge in [-0.1, -0.05) is 0 Å². The summed E-state index contributed by atoms with van der Waals surface area (Å²) in [6, 6.07) is 3.70. The smallest absolute Gasteiger partial charge is 0.288 e. The van der Waals surface area contributed by atoms with Crippen molar-refractivity contribution in [1.29, 1.82) is 0 Å². The SMILES string of the molecule is O=C(c1ccc(F)c(C(F)(F)F)c1)c1cc(Br)c(Br)s1. The van der Waals surface area contributed by atoms with Crippen molar-refractivity contribution in [2.45, 2.75) is 6.18 Å². The van der Waals surface area contributed by atoms with Crippen molar-refractivity contribution in [2.75, 3.05) is 0 Å². The Labute approximate surface area is 131 Å². The summed E-state index contributed by atoms with van der Waals surface area (Å²) >= 11 is 7.46. The predicted molar refractivity (Wildman–Crippen MR) is 74.6 cm³/mol. The van der Waals surface area contributed by atoms with Crippen molar-refractivity contribution >= 4 is 49.0 Å². The van der Waals surface area contributed by atoms with E-state index in [1.54, 1.807) is 0 Å². The molecule has 2 rings (SSSR count). The van der Waals surface area contributed by atoms with Crippen LogP contribution in [0.25, 0.3) is 0 Å². The first-order chi connectivity index (χ1) is 9.20. The van der Waals surface area contributed by atoms with Gasteiger partial charge in [0.1, 0.15) is 5.82 Å². The molecule has 0 amide bonds. The van der Waals surface area contributed by atoms with Crippen LogP contribution in [0.4, 0.5) is 17.6 Å². The maximum atomic E-state index is 13.2. The van der Waals surface area contributed by atoms with E-state index in [2.05, 4.69) is 31.9 Å². The third-order valence-corrected chi connectivity index (χ3v) is 5.66. The summed E-state index contributed by atoms with van der Waals surface area (Å²) in [7, 11) is 0. The molecule has 0 spiro atoms. The fraction of sp³-hybridized carbons (Fsp3) is 0.0833. The first kappa shape index (κ1) is 15.7. The maximum absolute atomic E-state index is 13.2. The molecule has 0 fully saturated rings. The largest absolute Gasteiger partial charge is 0.419 e. The standard InChI is InChI=1S/C12H4Br2F4OS/c13-7-4-9(20-11(7)14)10(19)5-1-2-8(15)6(3-5)12(16,17)18/h1-4H. The van der Waals surface area contributed by atoms with Crippen molar-refractivity contribution in [1.82, 2.24) is 0 Å². The van der Waals surface area contributed by atoms with E-state index in [1.807, 2.05) is 0 Å². The lowest BCUT2D eigenvalue weighted by Gasteiger charge is -2.09. The van der Waals surface area contributed by atoms with E-state index in [-0.39, 0.29) is 10.4 Å². The Hall–Kier alpha value is -0.730. The minimum Gasteiger partial charge on any atom is -0.288 e. The highest BCUT2D eigenvalue weighted by Crippen LogP contribution is 2.35. The molecule has 0 aliphatic carbocycles. The van der Waals surface area contributed by atoms with Crippen LogP contribution in [-0.2, 0) is 6.18 Å². The van der Waals surface area contributed by atoms with Crippen molar-refractivity contribution in [3.63, 3.8) is 0 Å². The molecule has 8 heteroatoms. The minimum absolute atomic E-state index is 0.208. The first-order valence-corrected chi connectivity index (χ1v) is 7.46. The lowest BCUT2D eigenvalue weighted by molar-refractivity contribution is -0.140. The molecule has 0 saturated carbocycles. The number of carbonyl (C=O) groups is 1. The van der Waals surface area contributed by atoms with E-state index in [4.69, 9.17) is 0 Å². The van der Waals surface area contributed by atoms with Gasteiger partial charge in [0.05, 0.1) is 14.2 Å². The van der Waals surface area contributed by atoms with Crippen LogP contribution in [0, 0.1) is 5.82 Å². The van der Waals surface area contributed by atoms with E-state index >= 15 is 0 Å². The molecular weight excluding hydrogens is 428 g/mol. The Morgan fingerprint density at radius 3 is 2.30 bits per heavy atom. The normalized spacial score (nSPS) is 11.7. The van der Waals surface area contributed by atoms with Crippen LogP contribution >= 0.6 is 43.2 Å². The molecule has 0 aliphatic rings. The summed E-state index contributed by atoms with van der Waals surface area (Å²) in [5.74, 6) is -1.99. The fourth-order valence-corrected chi connectivity index (χ4v) is 3.48. The number of hydrogen-bond donors (Lipinski definition) is 0. The molecule has 0 unspecified atom stereocenters. The van der Waals surface area contributed by atoms with Gasteiger partial charge in [-0.25, -0.2) is 4.39 Å². The van der Waals surface area contributed by atoms with Crippen LogP contribution < -0.4 is 0 Å². The zero-order chi connectivity index (χ0) is 15.1. The summed E-state index contributed by atoms with van der Waals surface area (Å²) < 4.78 is 52.2. The third kappa shape index (κ3) is 3.12. The number of halogens is 6. The summed E-state index contributed by atoms with van der Waals surface area (Å²) in [5, 5.41) is 0. The second-order valence-electron chi connectivity index (χ2n) is 3.75. The molecule has 1 aromatic carbocycles. The van der Waals surface area contributed by atoms with Crippen LogP contribution in [0.3, 0.4) is 0 Å². The Kier molecular flexibility index (Phi) is 4.36. The van der Waals surface area contributed by atoms with Crippen LogP contribution in [0.2, 0.25) is 0 Å². The van der Waals surface area contributed by atoms with Crippen LogP contribution in [-0.4, -0.2) is 5.78 Å². The van der Waals surface area contributed by atoms with E-state index < -0.39 is 23.3 Å². The van der Waals surface area contributed by atoms with Crippen molar-refractivity contribution in [3.05, 3.63) is 54.3 Å². The maximum Gasteiger partial charge on any atom is 0.419 e. The van der Waals surface area contributed by atoms with E-state index in [0.29, 0.717) is 20.4 Å². The van der Waals surface area contributed by atoms with Gasteiger partial charge in [-0.3, -0.25) is 4.79 Å². The Bertz CT molecular complexity index is 659. The molecule has 0 bridgehead atoms. The molecule has 2 aromatic rings. The molecule has 0 N–H and O–H groups in total. The van der Waals surface area contributed by atoms with Crippen molar-refractivity contribution in [3.8, 4) is 0 Å².